The van der Waals surface area contributed by atoms with Gasteiger partial charge in [0, 0.05) is 38.5 Å². The van der Waals surface area contributed by atoms with Crippen molar-refractivity contribution in [3.8, 4) is 0 Å². The Hall–Kier alpha value is -1.06. The first-order valence-electron chi connectivity index (χ1n) is 7.69. The summed E-state index contributed by atoms with van der Waals surface area (Å²) in [7, 11) is 1.73. The molecule has 0 aliphatic heterocycles. The van der Waals surface area contributed by atoms with E-state index in [0.717, 1.165) is 26.2 Å². The van der Waals surface area contributed by atoms with Crippen molar-refractivity contribution < 1.29 is 4.74 Å². The molecule has 0 aliphatic carbocycles. The zero-order valence-corrected chi connectivity index (χ0v) is 13.7. The summed E-state index contributed by atoms with van der Waals surface area (Å²) >= 11 is 0. The molecule has 1 rings (SSSR count). The molecule has 1 N–H and O–H groups in total. The van der Waals surface area contributed by atoms with Gasteiger partial charge in [-0.1, -0.05) is 19.1 Å². The van der Waals surface area contributed by atoms with E-state index in [4.69, 9.17) is 4.74 Å². The Morgan fingerprint density at radius 3 is 2.60 bits per heavy atom. The Morgan fingerprint density at radius 2 is 2.05 bits per heavy atom. The molecule has 0 saturated carbocycles. The Bertz CT molecular complexity index is 393. The first kappa shape index (κ1) is 17.0. The standard InChI is InChI=1S/C17H30N2O/c1-6-15(4)19(7-2)17-9-8-16(12-14(17)3)13-18-10-11-20-5/h8-9,12,15,18H,6-7,10-11,13H2,1-5H3. The summed E-state index contributed by atoms with van der Waals surface area (Å²) < 4.78 is 5.04. The zero-order valence-electron chi connectivity index (χ0n) is 13.7. The fourth-order valence-electron chi connectivity index (χ4n) is 2.50. The maximum absolute atomic E-state index is 5.04. The van der Waals surface area contributed by atoms with Gasteiger partial charge in [0.2, 0.25) is 0 Å². The van der Waals surface area contributed by atoms with Crippen LogP contribution in [0.25, 0.3) is 0 Å². The van der Waals surface area contributed by atoms with Crippen LogP contribution in [0.2, 0.25) is 0 Å². The highest BCUT2D eigenvalue weighted by atomic mass is 16.5. The van der Waals surface area contributed by atoms with Crippen molar-refractivity contribution in [1.29, 1.82) is 0 Å². The number of methoxy groups -OCH3 is 1. The number of nitrogens with one attached hydrogen (secondary N) is 1. The monoisotopic (exact) mass is 278 g/mol. The molecule has 0 aliphatic rings. The molecular formula is C17H30N2O. The predicted molar refractivity (Wildman–Crippen MR) is 87.5 cm³/mol. The van der Waals surface area contributed by atoms with Crippen molar-refractivity contribution in [2.45, 2.75) is 46.7 Å². The van der Waals surface area contributed by atoms with Crippen LogP contribution in [0.15, 0.2) is 18.2 Å². The topological polar surface area (TPSA) is 24.5 Å². The van der Waals surface area contributed by atoms with E-state index in [9.17, 15) is 0 Å². The molecule has 0 radical (unpaired) electrons. The van der Waals surface area contributed by atoms with E-state index in [2.05, 4.69) is 56.1 Å². The van der Waals surface area contributed by atoms with Gasteiger partial charge in [0.05, 0.1) is 6.61 Å². The number of hydrogen-bond donors (Lipinski definition) is 1. The SMILES string of the molecule is CCC(C)N(CC)c1ccc(CNCCOC)cc1C. The summed E-state index contributed by atoms with van der Waals surface area (Å²) in [6, 6.07) is 7.37. The minimum absolute atomic E-state index is 0.587. The van der Waals surface area contributed by atoms with E-state index < -0.39 is 0 Å². The number of rotatable bonds is 9. The third kappa shape index (κ3) is 4.80. The average Bonchev–Trinajstić information content (AvgIpc) is 2.46. The largest absolute Gasteiger partial charge is 0.383 e. The molecule has 0 aromatic heterocycles. The maximum atomic E-state index is 5.04. The van der Waals surface area contributed by atoms with Crippen LogP contribution in [0.4, 0.5) is 5.69 Å². The van der Waals surface area contributed by atoms with Gasteiger partial charge >= 0.3 is 0 Å². The highest BCUT2D eigenvalue weighted by molar-refractivity contribution is 5.55. The molecule has 20 heavy (non-hydrogen) atoms. The average molecular weight is 278 g/mol. The van der Waals surface area contributed by atoms with E-state index in [1.165, 1.54) is 23.2 Å². The molecule has 1 unspecified atom stereocenters. The van der Waals surface area contributed by atoms with E-state index in [-0.39, 0.29) is 0 Å². The van der Waals surface area contributed by atoms with Crippen molar-refractivity contribution in [1.82, 2.24) is 5.32 Å². The van der Waals surface area contributed by atoms with Gasteiger partial charge in [0.1, 0.15) is 0 Å². The van der Waals surface area contributed by atoms with Crippen molar-refractivity contribution in [3.05, 3.63) is 29.3 Å². The van der Waals surface area contributed by atoms with Gasteiger partial charge in [0.15, 0.2) is 0 Å². The van der Waals surface area contributed by atoms with Gasteiger partial charge in [0.25, 0.3) is 0 Å². The molecular weight excluding hydrogens is 248 g/mol. The van der Waals surface area contributed by atoms with E-state index in [0.29, 0.717) is 6.04 Å². The van der Waals surface area contributed by atoms with E-state index in [1.807, 2.05) is 0 Å². The lowest BCUT2D eigenvalue weighted by Crippen LogP contribution is -2.32. The van der Waals surface area contributed by atoms with Crippen molar-refractivity contribution in [2.75, 3.05) is 31.7 Å². The first-order chi connectivity index (χ1) is 9.63. The van der Waals surface area contributed by atoms with Crippen LogP contribution < -0.4 is 10.2 Å². The van der Waals surface area contributed by atoms with Crippen LogP contribution in [-0.4, -0.2) is 32.8 Å². The smallest absolute Gasteiger partial charge is 0.0587 e. The molecule has 0 fully saturated rings. The maximum Gasteiger partial charge on any atom is 0.0587 e. The molecule has 114 valence electrons. The van der Waals surface area contributed by atoms with Crippen molar-refractivity contribution in [2.24, 2.45) is 0 Å². The Kier molecular flexibility index (Phi) is 7.63. The molecule has 1 aromatic carbocycles. The summed E-state index contributed by atoms with van der Waals surface area (Å²) in [6.07, 6.45) is 1.17. The van der Waals surface area contributed by atoms with Gasteiger partial charge < -0.3 is 15.0 Å². The van der Waals surface area contributed by atoms with E-state index in [1.54, 1.807) is 7.11 Å². The van der Waals surface area contributed by atoms with Gasteiger partial charge in [-0.2, -0.15) is 0 Å². The van der Waals surface area contributed by atoms with Crippen LogP contribution in [0.1, 0.15) is 38.3 Å². The second kappa shape index (κ2) is 8.98. The number of benzene rings is 1. The second-order valence-corrected chi connectivity index (χ2v) is 5.33. The number of hydrogen-bond acceptors (Lipinski definition) is 3. The van der Waals surface area contributed by atoms with Crippen molar-refractivity contribution in [3.63, 3.8) is 0 Å². The fraction of sp³-hybridized carbons (Fsp3) is 0.647. The summed E-state index contributed by atoms with van der Waals surface area (Å²) in [4.78, 5) is 2.48. The number of anilines is 1. The molecule has 0 bridgehead atoms. The number of nitrogens with zero attached hydrogens (tertiary/aromatic N) is 1. The normalized spacial score (nSPS) is 12.4. The molecule has 1 aromatic rings. The summed E-state index contributed by atoms with van der Waals surface area (Å²) in [5.41, 5.74) is 4.06. The summed E-state index contributed by atoms with van der Waals surface area (Å²) in [6.45, 7) is 12.6. The summed E-state index contributed by atoms with van der Waals surface area (Å²) in [5, 5.41) is 3.39. The Balaban J connectivity index is 2.71. The highest BCUT2D eigenvalue weighted by Crippen LogP contribution is 2.24. The van der Waals surface area contributed by atoms with Crippen LogP contribution in [0.5, 0.6) is 0 Å². The van der Waals surface area contributed by atoms with Gasteiger partial charge in [-0.25, -0.2) is 0 Å². The quantitative estimate of drug-likeness (QED) is 0.701. The van der Waals surface area contributed by atoms with Gasteiger partial charge in [-0.05, 0) is 44.4 Å². The molecule has 3 heteroatoms. The Labute approximate surface area is 124 Å². The molecule has 0 saturated heterocycles. The third-order valence-electron chi connectivity index (χ3n) is 3.85. The first-order valence-corrected chi connectivity index (χ1v) is 7.69. The molecule has 3 nitrogen and oxygen atoms in total. The van der Waals surface area contributed by atoms with E-state index >= 15 is 0 Å². The lowest BCUT2D eigenvalue weighted by Gasteiger charge is -2.31. The number of ether oxygens (including phenoxy) is 1. The molecule has 1 atom stereocenters. The highest BCUT2D eigenvalue weighted by Gasteiger charge is 2.13. The minimum atomic E-state index is 0.587. The van der Waals surface area contributed by atoms with Crippen molar-refractivity contribution >= 4 is 5.69 Å². The lowest BCUT2D eigenvalue weighted by molar-refractivity contribution is 0.199. The fourth-order valence-corrected chi connectivity index (χ4v) is 2.50. The lowest BCUT2D eigenvalue weighted by atomic mass is 10.1. The summed E-state index contributed by atoms with van der Waals surface area (Å²) in [5.74, 6) is 0. The minimum Gasteiger partial charge on any atom is -0.383 e. The van der Waals surface area contributed by atoms with Crippen LogP contribution in [0, 0.1) is 6.92 Å². The second-order valence-electron chi connectivity index (χ2n) is 5.33. The van der Waals surface area contributed by atoms with Gasteiger partial charge in [-0.3, -0.25) is 0 Å². The van der Waals surface area contributed by atoms with Crippen LogP contribution in [0.3, 0.4) is 0 Å². The molecule has 0 heterocycles. The third-order valence-corrected chi connectivity index (χ3v) is 3.85. The van der Waals surface area contributed by atoms with Crippen LogP contribution >= 0.6 is 0 Å². The zero-order chi connectivity index (χ0) is 15.0. The van der Waals surface area contributed by atoms with Crippen LogP contribution in [-0.2, 0) is 11.3 Å². The molecule has 0 amide bonds. The predicted octanol–water partition coefficient (Wildman–Crippen LogP) is 3.36. The Morgan fingerprint density at radius 1 is 1.30 bits per heavy atom. The molecule has 0 spiro atoms. The number of aryl methyl sites for hydroxylation is 1. The van der Waals surface area contributed by atoms with Gasteiger partial charge in [-0.15, -0.1) is 0 Å².